The highest BCUT2D eigenvalue weighted by molar-refractivity contribution is 14.1. The number of aromatic nitrogens is 1. The van der Waals surface area contributed by atoms with E-state index in [2.05, 4.69) is 51.1 Å². The van der Waals surface area contributed by atoms with Gasteiger partial charge in [0.25, 0.3) is 0 Å². The van der Waals surface area contributed by atoms with E-state index in [0.29, 0.717) is 12.5 Å². The van der Waals surface area contributed by atoms with Crippen LogP contribution < -0.4 is 10.1 Å². The van der Waals surface area contributed by atoms with Gasteiger partial charge in [0.1, 0.15) is 0 Å². The van der Waals surface area contributed by atoms with E-state index in [1.807, 2.05) is 38.2 Å². The number of nitrogens with one attached hydrogen (secondary N) is 1. The van der Waals surface area contributed by atoms with Crippen molar-refractivity contribution < 1.29 is 9.84 Å². The van der Waals surface area contributed by atoms with Crippen LogP contribution >= 0.6 is 22.6 Å². The molecule has 0 saturated carbocycles. The number of halogens is 1. The lowest BCUT2D eigenvalue weighted by Crippen LogP contribution is -2.13. The van der Waals surface area contributed by atoms with E-state index in [1.54, 1.807) is 6.20 Å². The Morgan fingerprint density at radius 1 is 1.26 bits per heavy atom. The fourth-order valence-electron chi connectivity index (χ4n) is 1.86. The maximum atomic E-state index is 9.02. The Labute approximate surface area is 150 Å². The Kier molecular flexibility index (Phi) is 6.85. The average molecular weight is 420 g/mol. The summed E-state index contributed by atoms with van der Waals surface area (Å²) in [6.07, 6.45) is 5.88. The fraction of sp³-hybridized carbons (Fsp3) is 0.278. The second kappa shape index (κ2) is 8.88. The highest BCUT2D eigenvalue weighted by Gasteiger charge is 2.06. The van der Waals surface area contributed by atoms with Gasteiger partial charge in [0.15, 0.2) is 0 Å². The molecule has 2 N–H and O–H groups in total. The third-order valence-electron chi connectivity index (χ3n) is 3.31. The summed E-state index contributed by atoms with van der Waals surface area (Å²) in [6.45, 7) is 2.51. The minimum absolute atomic E-state index is 0.104. The van der Waals surface area contributed by atoms with Gasteiger partial charge in [0, 0.05) is 31.5 Å². The lowest BCUT2D eigenvalue weighted by molar-refractivity contribution is 0.170. The van der Waals surface area contributed by atoms with Crippen LogP contribution in [0.1, 0.15) is 18.1 Å². The third-order valence-corrected chi connectivity index (χ3v) is 4.09. The quantitative estimate of drug-likeness (QED) is 0.668. The number of ether oxygens (including phenoxy) is 1. The molecule has 0 saturated heterocycles. The van der Waals surface area contributed by atoms with Crippen LogP contribution in [0.25, 0.3) is 12.2 Å². The van der Waals surface area contributed by atoms with Gasteiger partial charge in [0.05, 0.1) is 10.2 Å². The lowest BCUT2D eigenvalue weighted by Gasteiger charge is -2.11. The molecule has 0 spiro atoms. The maximum absolute atomic E-state index is 9.02. The van der Waals surface area contributed by atoms with Gasteiger partial charge in [-0.1, -0.05) is 31.2 Å². The molecule has 2 aromatic rings. The van der Waals surface area contributed by atoms with Crippen molar-refractivity contribution in [1.82, 2.24) is 4.98 Å². The summed E-state index contributed by atoms with van der Waals surface area (Å²) in [6, 6.07) is 10.2. The zero-order valence-corrected chi connectivity index (χ0v) is 15.4. The third kappa shape index (κ3) is 5.51. The Morgan fingerprint density at radius 2 is 1.96 bits per heavy atom. The van der Waals surface area contributed by atoms with Crippen molar-refractivity contribution in [1.29, 1.82) is 0 Å². The number of rotatable bonds is 7. The molecule has 0 radical (unpaired) electrons. The summed E-state index contributed by atoms with van der Waals surface area (Å²) in [7, 11) is 1.91. The summed E-state index contributed by atoms with van der Waals surface area (Å²) in [5.74, 6) is 0.717. The summed E-state index contributed by atoms with van der Waals surface area (Å²) in [5.41, 5.74) is 3.25. The number of aliphatic hydroxyl groups is 1. The first-order valence-corrected chi connectivity index (χ1v) is 8.55. The molecule has 0 amide bonds. The molecule has 2 rings (SSSR count). The van der Waals surface area contributed by atoms with Crippen LogP contribution in [0, 0.1) is 9.49 Å². The highest BCUT2D eigenvalue weighted by atomic mass is 123. The predicted octanol–water partition coefficient (Wildman–Crippen LogP) is 3.91. The smallest absolute Gasteiger partial charge is 0.227 e. The molecule has 0 aliphatic heterocycles. The normalized spacial score (nSPS) is 12.3. The van der Waals surface area contributed by atoms with Gasteiger partial charge in [-0.05, 0) is 51.9 Å². The van der Waals surface area contributed by atoms with Crippen LogP contribution in [-0.4, -0.2) is 30.4 Å². The zero-order valence-electron chi connectivity index (χ0n) is 13.3. The molecule has 1 atom stereocenters. The second-order valence-corrected chi connectivity index (χ2v) is 6.52. The van der Waals surface area contributed by atoms with Crippen LogP contribution in [0.5, 0.6) is 5.88 Å². The first-order chi connectivity index (χ1) is 11.1. The minimum Gasteiger partial charge on any atom is -0.477 e. The van der Waals surface area contributed by atoms with Crippen molar-refractivity contribution >= 4 is 40.4 Å². The molecule has 5 heteroatoms. The summed E-state index contributed by atoms with van der Waals surface area (Å²) in [4.78, 5) is 4.35. The zero-order chi connectivity index (χ0) is 16.7. The van der Waals surface area contributed by atoms with Crippen LogP contribution in [0.3, 0.4) is 0 Å². The van der Waals surface area contributed by atoms with Gasteiger partial charge in [-0.25, -0.2) is 4.98 Å². The Balaban J connectivity index is 2.02. The van der Waals surface area contributed by atoms with E-state index < -0.39 is 0 Å². The molecule has 0 fully saturated rings. The van der Waals surface area contributed by atoms with Crippen molar-refractivity contribution in [3.63, 3.8) is 0 Å². The number of hydrogen-bond donors (Lipinski definition) is 2. The highest BCUT2D eigenvalue weighted by Crippen LogP contribution is 2.21. The molecule has 0 aliphatic carbocycles. The van der Waals surface area contributed by atoms with Crippen molar-refractivity contribution in [2.45, 2.75) is 6.92 Å². The summed E-state index contributed by atoms with van der Waals surface area (Å²) < 4.78 is 6.58. The van der Waals surface area contributed by atoms with E-state index in [-0.39, 0.29) is 12.5 Å². The van der Waals surface area contributed by atoms with Gasteiger partial charge < -0.3 is 15.2 Å². The van der Waals surface area contributed by atoms with Crippen molar-refractivity contribution in [3.05, 3.63) is 51.2 Å². The molecule has 0 aliphatic rings. The molecule has 23 heavy (non-hydrogen) atoms. The molecule has 0 bridgehead atoms. The lowest BCUT2D eigenvalue weighted by atomic mass is 10.1. The van der Waals surface area contributed by atoms with Crippen molar-refractivity contribution in [2.24, 2.45) is 5.92 Å². The van der Waals surface area contributed by atoms with Gasteiger partial charge >= 0.3 is 0 Å². The van der Waals surface area contributed by atoms with Crippen LogP contribution in [0.2, 0.25) is 0 Å². The number of hydrogen-bond acceptors (Lipinski definition) is 4. The fourth-order valence-corrected chi connectivity index (χ4v) is 2.52. The van der Waals surface area contributed by atoms with Crippen molar-refractivity contribution in [3.8, 4) is 5.88 Å². The minimum atomic E-state index is 0.104. The number of nitrogens with zero attached hydrogens (tertiary/aromatic N) is 1. The number of benzene rings is 1. The second-order valence-electron chi connectivity index (χ2n) is 5.36. The Morgan fingerprint density at radius 3 is 2.57 bits per heavy atom. The van der Waals surface area contributed by atoms with E-state index in [9.17, 15) is 0 Å². The molecule has 1 heterocycles. The van der Waals surface area contributed by atoms with E-state index in [0.717, 1.165) is 20.4 Å². The van der Waals surface area contributed by atoms with E-state index >= 15 is 0 Å². The molecule has 4 nitrogen and oxygen atoms in total. The number of aliphatic hydroxyl groups excluding tert-OH is 1. The molecule has 1 aromatic carbocycles. The van der Waals surface area contributed by atoms with Crippen LogP contribution in [0.4, 0.5) is 5.69 Å². The molecular formula is C18H21IN2O2. The summed E-state index contributed by atoms with van der Waals surface area (Å²) in [5, 5.41) is 12.1. The molecule has 1 unspecified atom stereocenters. The topological polar surface area (TPSA) is 54.4 Å². The molecule has 1 aromatic heterocycles. The van der Waals surface area contributed by atoms with Gasteiger partial charge in [-0.15, -0.1) is 0 Å². The summed E-state index contributed by atoms with van der Waals surface area (Å²) >= 11 is 2.22. The van der Waals surface area contributed by atoms with E-state index in [4.69, 9.17) is 9.84 Å². The predicted molar refractivity (Wildman–Crippen MR) is 104 cm³/mol. The standard InChI is InChI=1S/C18H21IN2O2/c1-13(11-22)12-23-18-17(19)9-15(10-21-18)4-3-14-5-7-16(20-2)8-6-14/h3-10,13,20,22H,11-12H2,1-2H3/b4-3+/i19-4. The molecular weight excluding hydrogens is 399 g/mol. The van der Waals surface area contributed by atoms with Gasteiger partial charge in [0.2, 0.25) is 5.88 Å². The molecule has 122 valence electrons. The first-order valence-electron chi connectivity index (χ1n) is 7.47. The monoisotopic (exact) mass is 420 g/mol. The SMILES string of the molecule is CNc1ccc(/C=C/c2cnc(OCC(C)CO)c([123I])c2)cc1. The van der Waals surface area contributed by atoms with Gasteiger partial charge in [-0.3, -0.25) is 0 Å². The maximum Gasteiger partial charge on any atom is 0.227 e. The Bertz CT molecular complexity index is 657. The van der Waals surface area contributed by atoms with Gasteiger partial charge in [-0.2, -0.15) is 0 Å². The average Bonchev–Trinajstić information content (AvgIpc) is 2.59. The van der Waals surface area contributed by atoms with Crippen LogP contribution in [0.15, 0.2) is 36.5 Å². The van der Waals surface area contributed by atoms with E-state index in [1.165, 1.54) is 0 Å². The number of anilines is 1. The number of pyridine rings is 1. The first kappa shape index (κ1) is 17.7. The Hall–Kier alpha value is -1.60. The van der Waals surface area contributed by atoms with Crippen molar-refractivity contribution in [2.75, 3.05) is 25.6 Å². The van der Waals surface area contributed by atoms with Crippen LogP contribution in [-0.2, 0) is 0 Å². The largest absolute Gasteiger partial charge is 0.477 e.